The van der Waals surface area contributed by atoms with Gasteiger partial charge in [0.05, 0.1) is 0 Å². The summed E-state index contributed by atoms with van der Waals surface area (Å²) in [6, 6.07) is 0.0181. The van der Waals surface area contributed by atoms with E-state index >= 15 is 0 Å². The molecule has 0 bridgehead atoms. The number of allylic oxidation sites excluding steroid dienone is 1. The number of carbonyl (C=O) groups excluding carboxylic acids is 1. The van der Waals surface area contributed by atoms with E-state index in [0.717, 1.165) is 5.57 Å². The molecule has 11 heavy (non-hydrogen) atoms. The maximum atomic E-state index is 10.9. The third-order valence-electron chi connectivity index (χ3n) is 1.02. The standard InChI is InChI=1S/C8H16N2O/c1-6(2)4-8(11)10-5-7(3)9/h4,7H,5,9H2,1-3H3,(H,10,11). The summed E-state index contributed by atoms with van der Waals surface area (Å²) in [4.78, 5) is 10.9. The van der Waals surface area contributed by atoms with Gasteiger partial charge in [0, 0.05) is 18.7 Å². The topological polar surface area (TPSA) is 55.1 Å². The highest BCUT2D eigenvalue weighted by Gasteiger charge is 1.96. The smallest absolute Gasteiger partial charge is 0.243 e. The molecule has 0 aliphatic rings. The van der Waals surface area contributed by atoms with Gasteiger partial charge in [-0.25, -0.2) is 0 Å². The molecule has 0 aromatic heterocycles. The van der Waals surface area contributed by atoms with E-state index < -0.39 is 0 Å². The van der Waals surface area contributed by atoms with Gasteiger partial charge in [0.1, 0.15) is 0 Å². The summed E-state index contributed by atoms with van der Waals surface area (Å²) in [5.41, 5.74) is 6.43. The van der Waals surface area contributed by atoms with Gasteiger partial charge in [-0.05, 0) is 20.8 Å². The fourth-order valence-electron chi connectivity index (χ4n) is 0.575. The minimum absolute atomic E-state index is 0.0181. The molecule has 0 spiro atoms. The molecule has 3 heteroatoms. The van der Waals surface area contributed by atoms with Crippen LogP contribution in [0.2, 0.25) is 0 Å². The van der Waals surface area contributed by atoms with Gasteiger partial charge < -0.3 is 11.1 Å². The van der Waals surface area contributed by atoms with E-state index in [1.165, 1.54) is 0 Å². The molecule has 1 unspecified atom stereocenters. The molecule has 0 aliphatic carbocycles. The monoisotopic (exact) mass is 156 g/mol. The van der Waals surface area contributed by atoms with Crippen molar-refractivity contribution in [1.82, 2.24) is 5.32 Å². The second-order valence-electron chi connectivity index (χ2n) is 2.94. The quantitative estimate of drug-likeness (QED) is 0.582. The van der Waals surface area contributed by atoms with Crippen molar-refractivity contribution in [3.63, 3.8) is 0 Å². The fourth-order valence-corrected chi connectivity index (χ4v) is 0.575. The summed E-state index contributed by atoms with van der Waals surface area (Å²) in [5, 5.41) is 2.67. The van der Waals surface area contributed by atoms with E-state index in [9.17, 15) is 4.79 Å². The fraction of sp³-hybridized carbons (Fsp3) is 0.625. The largest absolute Gasteiger partial charge is 0.351 e. The van der Waals surface area contributed by atoms with E-state index in [1.807, 2.05) is 20.8 Å². The van der Waals surface area contributed by atoms with Crippen LogP contribution in [0, 0.1) is 0 Å². The van der Waals surface area contributed by atoms with Crippen LogP contribution in [0.1, 0.15) is 20.8 Å². The Hall–Kier alpha value is -0.830. The summed E-state index contributed by atoms with van der Waals surface area (Å²) in [5.74, 6) is -0.0673. The lowest BCUT2D eigenvalue weighted by atomic mass is 10.3. The Labute approximate surface area is 67.7 Å². The molecule has 0 aliphatic heterocycles. The maximum Gasteiger partial charge on any atom is 0.243 e. The van der Waals surface area contributed by atoms with Crippen LogP contribution in [0.4, 0.5) is 0 Å². The first-order valence-electron chi connectivity index (χ1n) is 3.70. The minimum atomic E-state index is -0.0673. The van der Waals surface area contributed by atoms with Gasteiger partial charge in [0.2, 0.25) is 5.91 Å². The zero-order chi connectivity index (χ0) is 8.85. The van der Waals surface area contributed by atoms with Crippen molar-refractivity contribution in [2.24, 2.45) is 5.73 Å². The van der Waals surface area contributed by atoms with Crippen LogP contribution in [0.15, 0.2) is 11.6 Å². The van der Waals surface area contributed by atoms with E-state index in [4.69, 9.17) is 5.73 Å². The van der Waals surface area contributed by atoms with Gasteiger partial charge in [0.25, 0.3) is 0 Å². The van der Waals surface area contributed by atoms with E-state index in [1.54, 1.807) is 6.08 Å². The lowest BCUT2D eigenvalue weighted by Gasteiger charge is -2.04. The van der Waals surface area contributed by atoms with Crippen molar-refractivity contribution in [1.29, 1.82) is 0 Å². The number of nitrogens with two attached hydrogens (primary N) is 1. The number of hydrogen-bond donors (Lipinski definition) is 2. The Balaban J connectivity index is 3.63. The first kappa shape index (κ1) is 10.2. The molecule has 3 nitrogen and oxygen atoms in total. The average Bonchev–Trinajstić information content (AvgIpc) is 1.82. The van der Waals surface area contributed by atoms with Crippen molar-refractivity contribution in [3.8, 4) is 0 Å². The molecule has 3 N–H and O–H groups in total. The Morgan fingerprint density at radius 1 is 1.64 bits per heavy atom. The number of nitrogens with one attached hydrogen (secondary N) is 1. The zero-order valence-electron chi connectivity index (χ0n) is 7.35. The normalized spacial score (nSPS) is 12.0. The highest BCUT2D eigenvalue weighted by Crippen LogP contribution is 1.86. The highest BCUT2D eigenvalue weighted by atomic mass is 16.1. The van der Waals surface area contributed by atoms with Crippen molar-refractivity contribution < 1.29 is 4.79 Å². The van der Waals surface area contributed by atoms with Gasteiger partial charge in [-0.3, -0.25) is 4.79 Å². The van der Waals surface area contributed by atoms with Crippen LogP contribution in [0.25, 0.3) is 0 Å². The van der Waals surface area contributed by atoms with E-state index in [0.29, 0.717) is 6.54 Å². The lowest BCUT2D eigenvalue weighted by Crippen LogP contribution is -2.34. The summed E-state index contributed by atoms with van der Waals surface area (Å²) < 4.78 is 0. The van der Waals surface area contributed by atoms with Crippen molar-refractivity contribution >= 4 is 5.91 Å². The summed E-state index contributed by atoms with van der Waals surface area (Å²) in [6.45, 7) is 6.14. The van der Waals surface area contributed by atoms with Crippen LogP contribution >= 0.6 is 0 Å². The third kappa shape index (κ3) is 7.06. The number of rotatable bonds is 3. The van der Waals surface area contributed by atoms with Crippen LogP contribution < -0.4 is 11.1 Å². The molecule has 0 aromatic carbocycles. The first-order chi connectivity index (χ1) is 5.02. The van der Waals surface area contributed by atoms with Gasteiger partial charge in [-0.15, -0.1) is 0 Å². The molecule has 1 amide bonds. The van der Waals surface area contributed by atoms with Crippen molar-refractivity contribution in [2.75, 3.05) is 6.54 Å². The molecular formula is C8H16N2O. The summed E-state index contributed by atoms with van der Waals surface area (Å²) >= 11 is 0. The Kier molecular flexibility index (Phi) is 4.54. The molecule has 0 fully saturated rings. The highest BCUT2D eigenvalue weighted by molar-refractivity contribution is 5.87. The SMILES string of the molecule is CC(C)=CC(=O)NCC(C)N. The van der Waals surface area contributed by atoms with Crippen LogP contribution in [0.5, 0.6) is 0 Å². The Morgan fingerprint density at radius 2 is 2.18 bits per heavy atom. The summed E-state index contributed by atoms with van der Waals surface area (Å²) in [7, 11) is 0. The van der Waals surface area contributed by atoms with Crippen LogP contribution in [0.3, 0.4) is 0 Å². The molecule has 0 saturated heterocycles. The number of amides is 1. The molecule has 0 aromatic rings. The molecule has 0 heterocycles. The minimum Gasteiger partial charge on any atom is -0.351 e. The predicted octanol–water partition coefficient (Wildman–Crippen LogP) is 0.416. The molecular weight excluding hydrogens is 140 g/mol. The van der Waals surface area contributed by atoms with E-state index in [-0.39, 0.29) is 11.9 Å². The molecule has 64 valence electrons. The molecule has 0 radical (unpaired) electrons. The maximum absolute atomic E-state index is 10.9. The number of hydrogen-bond acceptors (Lipinski definition) is 2. The van der Waals surface area contributed by atoms with Crippen LogP contribution in [-0.4, -0.2) is 18.5 Å². The van der Waals surface area contributed by atoms with Crippen molar-refractivity contribution in [2.45, 2.75) is 26.8 Å². The van der Waals surface area contributed by atoms with Gasteiger partial charge in [-0.2, -0.15) is 0 Å². The molecule has 1 atom stereocenters. The van der Waals surface area contributed by atoms with Gasteiger partial charge >= 0.3 is 0 Å². The lowest BCUT2D eigenvalue weighted by molar-refractivity contribution is -0.116. The zero-order valence-corrected chi connectivity index (χ0v) is 7.35. The third-order valence-corrected chi connectivity index (χ3v) is 1.02. The van der Waals surface area contributed by atoms with E-state index in [2.05, 4.69) is 5.32 Å². The Morgan fingerprint density at radius 3 is 2.55 bits per heavy atom. The summed E-state index contributed by atoms with van der Waals surface area (Å²) in [6.07, 6.45) is 1.56. The Bertz CT molecular complexity index is 157. The van der Waals surface area contributed by atoms with Crippen LogP contribution in [-0.2, 0) is 4.79 Å². The van der Waals surface area contributed by atoms with Gasteiger partial charge in [0.15, 0.2) is 0 Å². The predicted molar refractivity (Wildman–Crippen MR) is 46.1 cm³/mol. The molecule has 0 saturated carbocycles. The first-order valence-corrected chi connectivity index (χ1v) is 3.70. The van der Waals surface area contributed by atoms with Gasteiger partial charge in [-0.1, -0.05) is 5.57 Å². The molecule has 0 rings (SSSR count). The second-order valence-corrected chi connectivity index (χ2v) is 2.94. The second kappa shape index (κ2) is 4.91. The van der Waals surface area contributed by atoms with Crippen molar-refractivity contribution in [3.05, 3.63) is 11.6 Å². The average molecular weight is 156 g/mol. The number of carbonyl (C=O) groups is 1.